The third kappa shape index (κ3) is 5.26. The lowest BCUT2D eigenvalue weighted by molar-refractivity contribution is -0.127. The molecular formula is C25H33NO4. The second-order valence-corrected chi connectivity index (χ2v) is 7.66. The molecule has 162 valence electrons. The van der Waals surface area contributed by atoms with Crippen LogP contribution < -0.4 is 19.5 Å². The Kier molecular flexibility index (Phi) is 7.61. The van der Waals surface area contributed by atoms with Gasteiger partial charge in [0, 0.05) is 0 Å². The summed E-state index contributed by atoms with van der Waals surface area (Å²) in [5, 5.41) is 3.06. The van der Waals surface area contributed by atoms with Crippen LogP contribution in [-0.2, 0) is 17.6 Å². The van der Waals surface area contributed by atoms with Crippen LogP contribution in [0.2, 0.25) is 0 Å². The lowest BCUT2D eigenvalue weighted by Gasteiger charge is -2.23. The minimum atomic E-state index is -0.574. The Hall–Kier alpha value is -2.69. The fourth-order valence-corrected chi connectivity index (χ4v) is 3.85. The molecule has 0 saturated carbocycles. The summed E-state index contributed by atoms with van der Waals surface area (Å²) in [4.78, 5) is 12.8. The number of benzene rings is 2. The third-order valence-electron chi connectivity index (χ3n) is 5.45. The predicted octanol–water partition coefficient (Wildman–Crippen LogP) is 5.01. The van der Waals surface area contributed by atoms with Gasteiger partial charge in [0.05, 0.1) is 19.3 Å². The average molecular weight is 412 g/mol. The molecule has 5 nitrogen and oxygen atoms in total. The summed E-state index contributed by atoms with van der Waals surface area (Å²) >= 11 is 0. The van der Waals surface area contributed by atoms with Crippen LogP contribution in [0.3, 0.4) is 0 Å². The van der Waals surface area contributed by atoms with Crippen LogP contribution in [0.25, 0.3) is 0 Å². The van der Waals surface area contributed by atoms with Gasteiger partial charge in [-0.25, -0.2) is 0 Å². The lowest BCUT2D eigenvalue weighted by atomic mass is 9.91. The van der Waals surface area contributed by atoms with Crippen molar-refractivity contribution in [2.45, 2.75) is 65.5 Å². The number of carbonyl (C=O) groups excluding carboxylic acids is 1. The van der Waals surface area contributed by atoms with Gasteiger partial charge in [0.25, 0.3) is 5.91 Å². The molecule has 1 aliphatic rings. The van der Waals surface area contributed by atoms with Crippen LogP contribution in [0.15, 0.2) is 36.4 Å². The van der Waals surface area contributed by atoms with Gasteiger partial charge in [-0.05, 0) is 88.3 Å². The molecule has 2 aromatic carbocycles. The predicted molar refractivity (Wildman–Crippen MR) is 119 cm³/mol. The molecule has 0 radical (unpaired) electrons. The molecule has 0 aromatic heterocycles. The van der Waals surface area contributed by atoms with Crippen LogP contribution in [-0.4, -0.2) is 25.2 Å². The first-order valence-electron chi connectivity index (χ1n) is 11.0. The Morgan fingerprint density at radius 1 is 0.967 bits per heavy atom. The first-order chi connectivity index (χ1) is 14.5. The van der Waals surface area contributed by atoms with Crippen LogP contribution in [0.1, 0.15) is 63.3 Å². The molecule has 0 heterocycles. The van der Waals surface area contributed by atoms with Gasteiger partial charge in [0.1, 0.15) is 5.75 Å². The molecule has 0 bridgehead atoms. The summed E-state index contributed by atoms with van der Waals surface area (Å²) in [6.45, 7) is 8.77. The van der Waals surface area contributed by atoms with Crippen molar-refractivity contribution in [1.29, 1.82) is 0 Å². The molecule has 0 unspecified atom stereocenters. The van der Waals surface area contributed by atoms with Crippen LogP contribution >= 0.6 is 0 Å². The van der Waals surface area contributed by atoms with Gasteiger partial charge < -0.3 is 19.5 Å². The number of rotatable bonds is 9. The maximum Gasteiger partial charge on any atom is 0.261 e. The third-order valence-corrected chi connectivity index (χ3v) is 5.45. The Balaban J connectivity index is 1.66. The highest BCUT2D eigenvalue weighted by Gasteiger charge is 2.21. The number of carbonyl (C=O) groups is 1. The second-order valence-electron chi connectivity index (χ2n) is 7.66. The van der Waals surface area contributed by atoms with E-state index in [1.165, 1.54) is 24.0 Å². The molecule has 3 rings (SSSR count). The van der Waals surface area contributed by atoms with E-state index in [1.807, 2.05) is 51.1 Å². The summed E-state index contributed by atoms with van der Waals surface area (Å²) in [5.74, 6) is 2.11. The zero-order chi connectivity index (χ0) is 21.5. The highest BCUT2D eigenvalue weighted by molar-refractivity contribution is 5.81. The minimum Gasteiger partial charge on any atom is -0.490 e. The monoisotopic (exact) mass is 411 g/mol. The second kappa shape index (κ2) is 10.4. The topological polar surface area (TPSA) is 56.8 Å². The van der Waals surface area contributed by atoms with Crippen molar-refractivity contribution < 1.29 is 19.0 Å². The van der Waals surface area contributed by atoms with Gasteiger partial charge in [-0.3, -0.25) is 4.79 Å². The molecule has 1 aliphatic carbocycles. The molecule has 5 heteroatoms. The maximum absolute atomic E-state index is 12.8. The Bertz CT molecular complexity index is 864. The Labute approximate surface area is 179 Å². The number of aryl methyl sites for hydroxylation is 1. The SMILES string of the molecule is CCOc1ccc([C@H](C)NC(=O)[C@@H](C)Oc2cccc3c2CCCC3)cc1OCC. The molecular weight excluding hydrogens is 378 g/mol. The van der Waals surface area contributed by atoms with Crippen molar-refractivity contribution in [2.24, 2.45) is 0 Å². The van der Waals surface area contributed by atoms with Gasteiger partial charge in [0.15, 0.2) is 17.6 Å². The van der Waals surface area contributed by atoms with Crippen molar-refractivity contribution in [2.75, 3.05) is 13.2 Å². The van der Waals surface area contributed by atoms with Crippen molar-refractivity contribution >= 4 is 5.91 Å². The van der Waals surface area contributed by atoms with E-state index in [0.717, 1.165) is 24.2 Å². The van der Waals surface area contributed by atoms with Gasteiger partial charge in [0.2, 0.25) is 0 Å². The van der Waals surface area contributed by atoms with E-state index in [-0.39, 0.29) is 11.9 Å². The van der Waals surface area contributed by atoms with Crippen LogP contribution in [0, 0.1) is 0 Å². The normalized spacial score (nSPS) is 14.9. The van der Waals surface area contributed by atoms with E-state index < -0.39 is 6.10 Å². The molecule has 30 heavy (non-hydrogen) atoms. The van der Waals surface area contributed by atoms with Gasteiger partial charge in [-0.2, -0.15) is 0 Å². The zero-order valence-electron chi connectivity index (χ0n) is 18.5. The summed E-state index contributed by atoms with van der Waals surface area (Å²) in [5.41, 5.74) is 3.56. The number of hydrogen-bond donors (Lipinski definition) is 1. The van der Waals surface area contributed by atoms with Gasteiger partial charge in [-0.1, -0.05) is 18.2 Å². The highest BCUT2D eigenvalue weighted by Crippen LogP contribution is 2.32. The Morgan fingerprint density at radius 2 is 1.70 bits per heavy atom. The summed E-state index contributed by atoms with van der Waals surface area (Å²) in [6, 6.07) is 11.7. The fourth-order valence-electron chi connectivity index (χ4n) is 3.85. The van der Waals surface area contributed by atoms with Crippen molar-refractivity contribution in [3.63, 3.8) is 0 Å². The van der Waals surface area contributed by atoms with Gasteiger partial charge >= 0.3 is 0 Å². The van der Waals surface area contributed by atoms with Crippen molar-refractivity contribution in [1.82, 2.24) is 5.32 Å². The standard InChI is InChI=1S/C25H33NO4/c1-5-28-23-15-14-20(16-24(23)29-6-2)17(3)26-25(27)18(4)30-22-13-9-11-19-10-7-8-12-21(19)22/h9,11,13-18H,5-8,10,12H2,1-4H3,(H,26,27)/t17-,18+/m0/s1. The van der Waals surface area contributed by atoms with E-state index in [1.54, 1.807) is 6.92 Å². The molecule has 0 fully saturated rings. The molecule has 2 atom stereocenters. The first kappa shape index (κ1) is 22.0. The highest BCUT2D eigenvalue weighted by atomic mass is 16.5. The van der Waals surface area contributed by atoms with Crippen molar-refractivity contribution in [3.05, 3.63) is 53.1 Å². The van der Waals surface area contributed by atoms with E-state index in [0.29, 0.717) is 24.7 Å². The van der Waals surface area contributed by atoms with E-state index >= 15 is 0 Å². The number of hydrogen-bond acceptors (Lipinski definition) is 4. The lowest BCUT2D eigenvalue weighted by Crippen LogP contribution is -2.38. The molecule has 0 spiro atoms. The van der Waals surface area contributed by atoms with E-state index in [2.05, 4.69) is 11.4 Å². The van der Waals surface area contributed by atoms with Gasteiger partial charge in [-0.15, -0.1) is 0 Å². The number of fused-ring (bicyclic) bond motifs is 1. The average Bonchev–Trinajstić information content (AvgIpc) is 2.75. The number of ether oxygens (including phenoxy) is 3. The molecule has 1 N–H and O–H groups in total. The van der Waals surface area contributed by atoms with Crippen LogP contribution in [0.5, 0.6) is 17.2 Å². The molecule has 0 saturated heterocycles. The van der Waals surface area contributed by atoms with E-state index in [4.69, 9.17) is 14.2 Å². The number of nitrogens with one attached hydrogen (secondary N) is 1. The quantitative estimate of drug-likeness (QED) is 0.630. The maximum atomic E-state index is 12.8. The molecule has 1 amide bonds. The molecule has 0 aliphatic heterocycles. The summed E-state index contributed by atoms with van der Waals surface area (Å²) in [6.07, 6.45) is 3.92. The summed E-state index contributed by atoms with van der Waals surface area (Å²) < 4.78 is 17.4. The van der Waals surface area contributed by atoms with E-state index in [9.17, 15) is 4.79 Å². The first-order valence-corrected chi connectivity index (χ1v) is 11.0. The fraction of sp³-hybridized carbons (Fsp3) is 0.480. The van der Waals surface area contributed by atoms with Crippen molar-refractivity contribution in [3.8, 4) is 17.2 Å². The minimum absolute atomic E-state index is 0.136. The number of amides is 1. The van der Waals surface area contributed by atoms with Crippen LogP contribution in [0.4, 0.5) is 0 Å². The Morgan fingerprint density at radius 3 is 2.47 bits per heavy atom. The zero-order valence-corrected chi connectivity index (χ0v) is 18.5. The molecule has 2 aromatic rings. The smallest absolute Gasteiger partial charge is 0.261 e. The largest absolute Gasteiger partial charge is 0.490 e. The summed E-state index contributed by atoms with van der Waals surface area (Å²) in [7, 11) is 0.